The maximum absolute atomic E-state index is 11.9. The summed E-state index contributed by atoms with van der Waals surface area (Å²) < 4.78 is 10.3. The van der Waals surface area contributed by atoms with Crippen LogP contribution in [0.3, 0.4) is 0 Å². The van der Waals surface area contributed by atoms with Gasteiger partial charge in [0.05, 0.1) is 15.8 Å². The monoisotopic (exact) mass is 291 g/mol. The van der Waals surface area contributed by atoms with Gasteiger partial charge in [0.15, 0.2) is 0 Å². The summed E-state index contributed by atoms with van der Waals surface area (Å²) in [6.45, 7) is 0.336. The Morgan fingerprint density at radius 1 is 1.56 bits per heavy atom. The molecule has 2 heterocycles. The number of nitrogens with one attached hydrogen (secondary N) is 1. The van der Waals surface area contributed by atoms with Crippen molar-refractivity contribution in [1.29, 1.82) is 0 Å². The standard InChI is InChI=1S/C10H10ClNO5S/c11-7-2-1-6(18-7)8(13)12-10(17-9(14)15)3-4-16-5-10/h1-2H,3-5H2,(H,12,13)(H,14,15). The van der Waals surface area contributed by atoms with Gasteiger partial charge in [-0.1, -0.05) is 11.6 Å². The molecule has 1 saturated heterocycles. The van der Waals surface area contributed by atoms with Gasteiger partial charge in [0.2, 0.25) is 5.72 Å². The van der Waals surface area contributed by atoms with E-state index in [0.717, 1.165) is 11.3 Å². The number of amides is 1. The molecule has 0 aliphatic carbocycles. The van der Waals surface area contributed by atoms with Crippen LogP contribution in [0.2, 0.25) is 4.34 Å². The molecular weight excluding hydrogens is 282 g/mol. The number of carbonyl (C=O) groups is 2. The van der Waals surface area contributed by atoms with Crippen molar-refractivity contribution in [3.05, 3.63) is 21.3 Å². The van der Waals surface area contributed by atoms with Gasteiger partial charge in [-0.2, -0.15) is 0 Å². The third kappa shape index (κ3) is 2.92. The third-order valence-corrected chi connectivity index (χ3v) is 3.64. The third-order valence-electron chi connectivity index (χ3n) is 2.41. The van der Waals surface area contributed by atoms with E-state index in [2.05, 4.69) is 5.32 Å². The highest BCUT2D eigenvalue weighted by molar-refractivity contribution is 7.18. The average Bonchev–Trinajstić information content (AvgIpc) is 2.87. The van der Waals surface area contributed by atoms with Crippen LogP contribution in [0.5, 0.6) is 0 Å². The lowest BCUT2D eigenvalue weighted by Crippen LogP contribution is -2.52. The molecule has 1 aromatic heterocycles. The van der Waals surface area contributed by atoms with Crippen LogP contribution in [-0.4, -0.2) is 36.1 Å². The van der Waals surface area contributed by atoms with Crippen molar-refractivity contribution in [3.63, 3.8) is 0 Å². The normalized spacial score (nSPS) is 22.7. The Kier molecular flexibility index (Phi) is 3.74. The molecule has 0 aromatic carbocycles. The zero-order valence-corrected chi connectivity index (χ0v) is 10.7. The summed E-state index contributed by atoms with van der Waals surface area (Å²) in [5.41, 5.74) is -1.31. The molecule has 6 nitrogen and oxygen atoms in total. The van der Waals surface area contributed by atoms with E-state index in [1.54, 1.807) is 12.1 Å². The predicted octanol–water partition coefficient (Wildman–Crippen LogP) is 1.94. The SMILES string of the molecule is O=C(O)OC1(NC(=O)c2ccc(Cl)s2)CCOC1. The smallest absolute Gasteiger partial charge is 0.450 e. The maximum atomic E-state index is 11.9. The van der Waals surface area contributed by atoms with Crippen LogP contribution < -0.4 is 5.32 Å². The fourth-order valence-corrected chi connectivity index (χ4v) is 2.56. The van der Waals surface area contributed by atoms with Crippen molar-refractivity contribution in [2.45, 2.75) is 12.1 Å². The number of thiophene rings is 1. The zero-order chi connectivity index (χ0) is 13.2. The Hall–Kier alpha value is -1.31. The van der Waals surface area contributed by atoms with Crippen LogP contribution in [0.15, 0.2) is 12.1 Å². The van der Waals surface area contributed by atoms with Crippen molar-refractivity contribution in [1.82, 2.24) is 5.32 Å². The van der Waals surface area contributed by atoms with Gasteiger partial charge >= 0.3 is 6.16 Å². The molecule has 8 heteroatoms. The van der Waals surface area contributed by atoms with Crippen molar-refractivity contribution < 1.29 is 24.2 Å². The molecule has 18 heavy (non-hydrogen) atoms. The summed E-state index contributed by atoms with van der Waals surface area (Å²) in [5.74, 6) is -0.432. The van der Waals surface area contributed by atoms with E-state index in [1.165, 1.54) is 0 Å². The van der Waals surface area contributed by atoms with Crippen molar-refractivity contribution in [2.75, 3.05) is 13.2 Å². The first-order valence-corrected chi connectivity index (χ1v) is 6.28. The van der Waals surface area contributed by atoms with Crippen LogP contribution in [0, 0.1) is 0 Å². The summed E-state index contributed by atoms with van der Waals surface area (Å²) in [4.78, 5) is 22.9. The molecule has 1 atom stereocenters. The van der Waals surface area contributed by atoms with E-state index in [4.69, 9.17) is 26.2 Å². The minimum atomic E-state index is -1.45. The number of hydrogen-bond acceptors (Lipinski definition) is 5. The van der Waals surface area contributed by atoms with Gasteiger partial charge in [0, 0.05) is 6.42 Å². The lowest BCUT2D eigenvalue weighted by molar-refractivity contribution is -0.0399. The van der Waals surface area contributed by atoms with E-state index in [0.29, 0.717) is 15.8 Å². The van der Waals surface area contributed by atoms with Gasteiger partial charge in [-0.15, -0.1) is 11.3 Å². The minimum Gasteiger partial charge on any atom is -0.450 e. The van der Waals surface area contributed by atoms with Crippen LogP contribution in [0.25, 0.3) is 0 Å². The van der Waals surface area contributed by atoms with Crippen LogP contribution in [-0.2, 0) is 9.47 Å². The molecule has 1 aromatic rings. The van der Waals surface area contributed by atoms with Crippen molar-refractivity contribution >= 4 is 35.0 Å². The number of hydrogen-bond donors (Lipinski definition) is 2. The molecule has 1 fully saturated rings. The van der Waals surface area contributed by atoms with E-state index in [1.807, 2.05) is 0 Å². The molecule has 0 bridgehead atoms. The topological polar surface area (TPSA) is 84.9 Å². The summed E-state index contributed by atoms with van der Waals surface area (Å²) in [6.07, 6.45) is -1.17. The molecular formula is C10H10ClNO5S. The van der Waals surface area contributed by atoms with Gasteiger partial charge in [-0.05, 0) is 12.1 Å². The first-order chi connectivity index (χ1) is 8.51. The molecule has 2 N–H and O–H groups in total. The fraction of sp³-hybridized carbons (Fsp3) is 0.400. The first-order valence-electron chi connectivity index (χ1n) is 5.08. The lowest BCUT2D eigenvalue weighted by Gasteiger charge is -2.26. The summed E-state index contributed by atoms with van der Waals surface area (Å²) in [7, 11) is 0. The highest BCUT2D eigenvalue weighted by atomic mass is 35.5. The van der Waals surface area contributed by atoms with E-state index >= 15 is 0 Å². The second-order valence-electron chi connectivity index (χ2n) is 3.72. The molecule has 1 aliphatic rings. The molecule has 0 radical (unpaired) electrons. The molecule has 1 aliphatic heterocycles. The Morgan fingerprint density at radius 3 is 2.83 bits per heavy atom. The molecule has 1 unspecified atom stereocenters. The van der Waals surface area contributed by atoms with Gasteiger partial charge in [-0.25, -0.2) is 4.79 Å². The molecule has 1 amide bonds. The quantitative estimate of drug-likeness (QED) is 0.657. The van der Waals surface area contributed by atoms with E-state index < -0.39 is 17.8 Å². The largest absolute Gasteiger partial charge is 0.507 e. The average molecular weight is 292 g/mol. The molecule has 98 valence electrons. The Labute approximate surface area is 111 Å². The molecule has 2 rings (SSSR count). The predicted molar refractivity (Wildman–Crippen MR) is 64.1 cm³/mol. The highest BCUT2D eigenvalue weighted by Gasteiger charge is 2.41. The second-order valence-corrected chi connectivity index (χ2v) is 5.44. The minimum absolute atomic E-state index is 0.00411. The Bertz CT molecular complexity index is 469. The molecule has 0 saturated carbocycles. The number of carbonyl (C=O) groups excluding carboxylic acids is 1. The first kappa shape index (κ1) is 13.1. The number of rotatable bonds is 3. The number of halogens is 1. The number of carboxylic acid groups (broad SMARTS) is 1. The van der Waals surface area contributed by atoms with Gasteiger partial charge in [0.1, 0.15) is 6.61 Å². The van der Waals surface area contributed by atoms with Gasteiger partial charge in [-0.3, -0.25) is 4.79 Å². The zero-order valence-electron chi connectivity index (χ0n) is 9.14. The van der Waals surface area contributed by atoms with Gasteiger partial charge < -0.3 is 19.9 Å². The summed E-state index contributed by atoms with van der Waals surface area (Å²) in [6, 6.07) is 3.16. The fourth-order valence-electron chi connectivity index (χ4n) is 1.62. The van der Waals surface area contributed by atoms with Crippen LogP contribution >= 0.6 is 22.9 Å². The summed E-state index contributed by atoms with van der Waals surface area (Å²) >= 11 is 6.83. The summed E-state index contributed by atoms with van der Waals surface area (Å²) in [5, 5.41) is 11.2. The lowest BCUT2D eigenvalue weighted by atomic mass is 10.2. The van der Waals surface area contributed by atoms with Crippen LogP contribution in [0.4, 0.5) is 4.79 Å². The maximum Gasteiger partial charge on any atom is 0.507 e. The number of ether oxygens (including phenoxy) is 2. The molecule has 0 spiro atoms. The van der Waals surface area contributed by atoms with E-state index in [-0.39, 0.29) is 13.0 Å². The van der Waals surface area contributed by atoms with Crippen LogP contribution in [0.1, 0.15) is 16.1 Å². The highest BCUT2D eigenvalue weighted by Crippen LogP contribution is 2.24. The second kappa shape index (κ2) is 5.13. The van der Waals surface area contributed by atoms with E-state index in [9.17, 15) is 9.59 Å². The van der Waals surface area contributed by atoms with Crippen molar-refractivity contribution in [2.24, 2.45) is 0 Å². The Morgan fingerprint density at radius 2 is 2.33 bits per heavy atom. The van der Waals surface area contributed by atoms with Gasteiger partial charge in [0.25, 0.3) is 5.91 Å². The Balaban J connectivity index is 2.09. The van der Waals surface area contributed by atoms with Crippen molar-refractivity contribution in [3.8, 4) is 0 Å².